The molecule has 0 spiro atoms. The van der Waals surface area contributed by atoms with E-state index in [1.54, 1.807) is 23.9 Å². The molecule has 106 valence electrons. The third-order valence-electron chi connectivity index (χ3n) is 2.81. The van der Waals surface area contributed by atoms with E-state index in [1.165, 1.54) is 12.4 Å². The number of aryl methyl sites for hydroxylation is 2. The molecule has 0 radical (unpaired) electrons. The molecule has 2 rings (SSSR count). The standard InChI is InChI=1S/C13H16FN5O/c1-9-3-4-10(14)11(7-9)18-13(20)15-6-5-12-16-8-17-19(12)2/h3-4,7-8H,5-6H2,1-2H3,(H2,15,18,20). The summed E-state index contributed by atoms with van der Waals surface area (Å²) in [5.41, 5.74) is 1.04. The normalized spacial score (nSPS) is 10.3. The third kappa shape index (κ3) is 3.53. The van der Waals surface area contributed by atoms with E-state index in [0.29, 0.717) is 13.0 Å². The van der Waals surface area contributed by atoms with Crippen LogP contribution in [0.25, 0.3) is 0 Å². The van der Waals surface area contributed by atoms with Crippen molar-refractivity contribution in [3.63, 3.8) is 0 Å². The maximum absolute atomic E-state index is 13.5. The summed E-state index contributed by atoms with van der Waals surface area (Å²) < 4.78 is 15.1. The van der Waals surface area contributed by atoms with Gasteiger partial charge in [-0.05, 0) is 24.6 Å². The zero-order valence-corrected chi connectivity index (χ0v) is 11.4. The molecular formula is C13H16FN5O. The highest BCUT2D eigenvalue weighted by molar-refractivity contribution is 5.89. The number of rotatable bonds is 4. The SMILES string of the molecule is Cc1ccc(F)c(NC(=O)NCCc2ncnn2C)c1. The Morgan fingerprint density at radius 3 is 2.95 bits per heavy atom. The molecule has 1 heterocycles. The summed E-state index contributed by atoms with van der Waals surface area (Å²) in [5.74, 6) is 0.311. The summed E-state index contributed by atoms with van der Waals surface area (Å²) >= 11 is 0. The maximum Gasteiger partial charge on any atom is 0.319 e. The van der Waals surface area contributed by atoms with Gasteiger partial charge in [0.2, 0.25) is 0 Å². The fraction of sp³-hybridized carbons (Fsp3) is 0.308. The van der Waals surface area contributed by atoms with Gasteiger partial charge in [0, 0.05) is 20.0 Å². The number of amides is 2. The summed E-state index contributed by atoms with van der Waals surface area (Å²) in [7, 11) is 1.78. The Kier molecular flexibility index (Phi) is 4.29. The number of nitrogens with one attached hydrogen (secondary N) is 2. The maximum atomic E-state index is 13.5. The quantitative estimate of drug-likeness (QED) is 0.892. The molecule has 0 bridgehead atoms. The van der Waals surface area contributed by atoms with E-state index >= 15 is 0 Å². The molecule has 6 nitrogen and oxygen atoms in total. The number of benzene rings is 1. The summed E-state index contributed by atoms with van der Waals surface area (Å²) in [5, 5.41) is 9.05. The lowest BCUT2D eigenvalue weighted by Gasteiger charge is -2.09. The van der Waals surface area contributed by atoms with Crippen LogP contribution in [-0.2, 0) is 13.5 Å². The van der Waals surface area contributed by atoms with Gasteiger partial charge in [-0.2, -0.15) is 5.10 Å². The van der Waals surface area contributed by atoms with Crippen LogP contribution in [-0.4, -0.2) is 27.3 Å². The van der Waals surface area contributed by atoms with Gasteiger partial charge in [-0.15, -0.1) is 0 Å². The van der Waals surface area contributed by atoms with Crippen LogP contribution in [0.1, 0.15) is 11.4 Å². The van der Waals surface area contributed by atoms with Crippen LogP contribution in [0.2, 0.25) is 0 Å². The van der Waals surface area contributed by atoms with Gasteiger partial charge < -0.3 is 10.6 Å². The van der Waals surface area contributed by atoms with E-state index in [-0.39, 0.29) is 5.69 Å². The first-order valence-corrected chi connectivity index (χ1v) is 6.20. The second-order valence-corrected chi connectivity index (χ2v) is 4.41. The van der Waals surface area contributed by atoms with Gasteiger partial charge in [0.05, 0.1) is 5.69 Å². The molecule has 0 aliphatic carbocycles. The first kappa shape index (κ1) is 14.0. The fourth-order valence-electron chi connectivity index (χ4n) is 1.74. The number of aromatic nitrogens is 3. The van der Waals surface area contributed by atoms with Crippen molar-refractivity contribution < 1.29 is 9.18 Å². The van der Waals surface area contributed by atoms with Gasteiger partial charge in [0.1, 0.15) is 18.0 Å². The van der Waals surface area contributed by atoms with Crippen LogP contribution >= 0.6 is 0 Å². The Labute approximate surface area is 116 Å². The molecule has 0 saturated carbocycles. The first-order chi connectivity index (χ1) is 9.56. The van der Waals surface area contributed by atoms with E-state index in [0.717, 1.165) is 11.4 Å². The number of hydrogen-bond acceptors (Lipinski definition) is 3. The van der Waals surface area contributed by atoms with Gasteiger partial charge in [-0.1, -0.05) is 6.07 Å². The van der Waals surface area contributed by atoms with Crippen molar-refractivity contribution in [3.8, 4) is 0 Å². The molecule has 0 unspecified atom stereocenters. The Balaban J connectivity index is 1.84. The van der Waals surface area contributed by atoms with E-state index in [1.807, 2.05) is 6.92 Å². The number of carbonyl (C=O) groups excluding carboxylic acids is 1. The number of anilines is 1. The molecule has 0 aliphatic rings. The summed E-state index contributed by atoms with van der Waals surface area (Å²) in [4.78, 5) is 15.7. The predicted molar refractivity (Wildman–Crippen MR) is 72.9 cm³/mol. The summed E-state index contributed by atoms with van der Waals surface area (Å²) in [6.07, 6.45) is 2.01. The number of halogens is 1. The smallest absolute Gasteiger partial charge is 0.319 e. The van der Waals surface area contributed by atoms with Crippen molar-refractivity contribution in [2.24, 2.45) is 7.05 Å². The van der Waals surface area contributed by atoms with E-state index in [4.69, 9.17) is 0 Å². The van der Waals surface area contributed by atoms with Crippen molar-refractivity contribution >= 4 is 11.7 Å². The van der Waals surface area contributed by atoms with Crippen molar-refractivity contribution in [1.29, 1.82) is 0 Å². The first-order valence-electron chi connectivity index (χ1n) is 6.20. The molecule has 1 aromatic heterocycles. The highest BCUT2D eigenvalue weighted by atomic mass is 19.1. The van der Waals surface area contributed by atoms with Gasteiger partial charge in [-0.3, -0.25) is 4.68 Å². The van der Waals surface area contributed by atoms with E-state index in [9.17, 15) is 9.18 Å². The van der Waals surface area contributed by atoms with Crippen LogP contribution < -0.4 is 10.6 Å². The number of hydrogen-bond donors (Lipinski definition) is 2. The Hall–Kier alpha value is -2.44. The van der Waals surface area contributed by atoms with Crippen LogP contribution in [0.5, 0.6) is 0 Å². The number of carbonyl (C=O) groups is 1. The van der Waals surface area contributed by atoms with Gasteiger partial charge in [0.15, 0.2) is 0 Å². The van der Waals surface area contributed by atoms with Crippen LogP contribution in [0.15, 0.2) is 24.5 Å². The second kappa shape index (κ2) is 6.14. The van der Waals surface area contributed by atoms with Gasteiger partial charge in [-0.25, -0.2) is 14.2 Å². The third-order valence-corrected chi connectivity index (χ3v) is 2.81. The average Bonchev–Trinajstić information content (AvgIpc) is 2.80. The lowest BCUT2D eigenvalue weighted by Crippen LogP contribution is -2.31. The molecule has 20 heavy (non-hydrogen) atoms. The highest BCUT2D eigenvalue weighted by Gasteiger charge is 2.07. The van der Waals surface area contributed by atoms with Gasteiger partial charge >= 0.3 is 6.03 Å². The minimum atomic E-state index is -0.459. The second-order valence-electron chi connectivity index (χ2n) is 4.41. The molecule has 0 saturated heterocycles. The monoisotopic (exact) mass is 277 g/mol. The average molecular weight is 277 g/mol. The minimum absolute atomic E-state index is 0.168. The van der Waals surface area contributed by atoms with Crippen molar-refractivity contribution in [1.82, 2.24) is 20.1 Å². The minimum Gasteiger partial charge on any atom is -0.337 e. The van der Waals surface area contributed by atoms with E-state index < -0.39 is 11.8 Å². The zero-order chi connectivity index (χ0) is 14.5. The van der Waals surface area contributed by atoms with E-state index in [2.05, 4.69) is 20.7 Å². The van der Waals surface area contributed by atoms with Crippen LogP contribution in [0.3, 0.4) is 0 Å². The lowest BCUT2D eigenvalue weighted by molar-refractivity contribution is 0.252. The Bertz CT molecular complexity index is 611. The Morgan fingerprint density at radius 1 is 1.45 bits per heavy atom. The molecule has 7 heteroatoms. The van der Waals surface area contributed by atoms with Gasteiger partial charge in [0.25, 0.3) is 0 Å². The Morgan fingerprint density at radius 2 is 2.25 bits per heavy atom. The molecule has 2 aromatic rings. The van der Waals surface area contributed by atoms with Crippen LogP contribution in [0.4, 0.5) is 14.9 Å². The van der Waals surface area contributed by atoms with Crippen molar-refractivity contribution in [2.45, 2.75) is 13.3 Å². The largest absolute Gasteiger partial charge is 0.337 e. The molecule has 2 N–H and O–H groups in total. The zero-order valence-electron chi connectivity index (χ0n) is 11.4. The lowest BCUT2D eigenvalue weighted by atomic mass is 10.2. The molecule has 0 atom stereocenters. The topological polar surface area (TPSA) is 71.8 Å². The van der Waals surface area contributed by atoms with Crippen LogP contribution in [0, 0.1) is 12.7 Å². The molecule has 0 fully saturated rings. The fourth-order valence-corrected chi connectivity index (χ4v) is 1.74. The molecule has 1 aromatic carbocycles. The number of nitrogens with zero attached hydrogens (tertiary/aromatic N) is 3. The van der Waals surface area contributed by atoms with Crippen molar-refractivity contribution in [2.75, 3.05) is 11.9 Å². The molecule has 0 aliphatic heterocycles. The highest BCUT2D eigenvalue weighted by Crippen LogP contribution is 2.15. The summed E-state index contributed by atoms with van der Waals surface area (Å²) in [6.45, 7) is 2.22. The molecular weight excluding hydrogens is 261 g/mol. The predicted octanol–water partition coefficient (Wildman–Crippen LogP) is 1.63. The van der Waals surface area contributed by atoms with Crippen molar-refractivity contribution in [3.05, 3.63) is 41.7 Å². The summed E-state index contributed by atoms with van der Waals surface area (Å²) in [6, 6.07) is 4.10. The number of urea groups is 1. The molecule has 2 amide bonds.